The molecule has 0 radical (unpaired) electrons. The van der Waals surface area contributed by atoms with Crippen LogP contribution in [-0.2, 0) is 11.2 Å². The van der Waals surface area contributed by atoms with Crippen molar-refractivity contribution in [3.05, 3.63) is 52.4 Å². The number of hydrogen-bond donors (Lipinski definition) is 1. The Bertz CT molecular complexity index is 816. The van der Waals surface area contributed by atoms with Crippen LogP contribution in [0.3, 0.4) is 0 Å². The van der Waals surface area contributed by atoms with E-state index in [1.54, 1.807) is 0 Å². The van der Waals surface area contributed by atoms with Crippen molar-refractivity contribution in [2.45, 2.75) is 37.1 Å². The highest BCUT2D eigenvalue weighted by Gasteiger charge is 2.26. The number of carbonyl (C=O) groups is 1. The maximum Gasteiger partial charge on any atom is 0.251 e. The van der Waals surface area contributed by atoms with Crippen LogP contribution in [0.15, 0.2) is 46.3 Å². The number of piperazine rings is 1. The number of H-pyrrole nitrogens is 1. The Hall–Kier alpha value is -2.28. The third-order valence-corrected chi connectivity index (χ3v) is 5.60. The van der Waals surface area contributed by atoms with Crippen LogP contribution < -0.4 is 10.5 Å². The van der Waals surface area contributed by atoms with Crippen LogP contribution in [0.25, 0.3) is 0 Å². The second-order valence-corrected chi connectivity index (χ2v) is 8.03. The van der Waals surface area contributed by atoms with Crippen molar-refractivity contribution in [2.24, 2.45) is 0 Å². The summed E-state index contributed by atoms with van der Waals surface area (Å²) in [6.45, 7) is 7.00. The quantitative estimate of drug-likeness (QED) is 0.610. The van der Waals surface area contributed by atoms with Gasteiger partial charge in [0.1, 0.15) is 0 Å². The Labute approximate surface area is 164 Å². The van der Waals surface area contributed by atoms with Gasteiger partial charge in [0.05, 0.1) is 5.25 Å². The van der Waals surface area contributed by atoms with Gasteiger partial charge in [0.15, 0.2) is 5.16 Å². The lowest BCUT2D eigenvalue weighted by atomic mass is 10.2. The van der Waals surface area contributed by atoms with Crippen molar-refractivity contribution >= 4 is 23.4 Å². The zero-order chi connectivity index (χ0) is 19.2. The summed E-state index contributed by atoms with van der Waals surface area (Å²) in [5.74, 6) is 0.0938. The van der Waals surface area contributed by atoms with Gasteiger partial charge in [-0.05, 0) is 25.5 Å². The van der Waals surface area contributed by atoms with Crippen molar-refractivity contribution in [2.75, 3.05) is 31.1 Å². The predicted octanol–water partition coefficient (Wildman–Crippen LogP) is 2.55. The number of aryl methyl sites for hydroxylation is 1. The van der Waals surface area contributed by atoms with Crippen molar-refractivity contribution in [1.82, 2.24) is 14.9 Å². The average molecular weight is 387 g/mol. The number of benzene rings is 1. The molecule has 1 aromatic heterocycles. The molecule has 144 valence electrons. The minimum absolute atomic E-state index is 0.0938. The van der Waals surface area contributed by atoms with Gasteiger partial charge in [-0.3, -0.25) is 9.59 Å². The lowest BCUT2D eigenvalue weighted by Gasteiger charge is -2.37. The Morgan fingerprint density at radius 2 is 1.93 bits per heavy atom. The summed E-state index contributed by atoms with van der Waals surface area (Å²) in [6, 6.07) is 11.8. The van der Waals surface area contributed by atoms with E-state index in [4.69, 9.17) is 0 Å². The third-order valence-electron chi connectivity index (χ3n) is 4.63. The van der Waals surface area contributed by atoms with Crippen molar-refractivity contribution in [3.8, 4) is 0 Å². The first-order valence-corrected chi connectivity index (χ1v) is 10.3. The van der Waals surface area contributed by atoms with E-state index in [1.807, 2.05) is 30.0 Å². The minimum atomic E-state index is -0.284. The van der Waals surface area contributed by atoms with E-state index < -0.39 is 0 Å². The second kappa shape index (κ2) is 9.08. The number of aromatic nitrogens is 2. The van der Waals surface area contributed by atoms with Gasteiger partial charge < -0.3 is 14.8 Å². The Kier molecular flexibility index (Phi) is 6.55. The van der Waals surface area contributed by atoms with Gasteiger partial charge >= 0.3 is 0 Å². The molecule has 0 spiro atoms. The Balaban J connectivity index is 1.57. The van der Waals surface area contributed by atoms with Crippen molar-refractivity contribution in [1.29, 1.82) is 0 Å². The van der Waals surface area contributed by atoms with E-state index in [2.05, 4.69) is 33.9 Å². The fourth-order valence-electron chi connectivity index (χ4n) is 3.22. The zero-order valence-electron chi connectivity index (χ0n) is 15.9. The van der Waals surface area contributed by atoms with Gasteiger partial charge in [-0.15, -0.1) is 0 Å². The molecule has 1 N–H and O–H groups in total. The number of para-hydroxylation sites is 1. The van der Waals surface area contributed by atoms with Crippen LogP contribution in [0.4, 0.5) is 5.69 Å². The monoisotopic (exact) mass is 386 g/mol. The summed E-state index contributed by atoms with van der Waals surface area (Å²) in [6.07, 6.45) is 1.70. The topological polar surface area (TPSA) is 69.3 Å². The molecular formula is C20H26N4O2S. The molecule has 1 aliphatic heterocycles. The van der Waals surface area contributed by atoms with Crippen LogP contribution in [0.1, 0.15) is 26.0 Å². The molecule has 27 heavy (non-hydrogen) atoms. The van der Waals surface area contributed by atoms with Crippen LogP contribution in [-0.4, -0.2) is 52.2 Å². The second-order valence-electron chi connectivity index (χ2n) is 6.70. The molecule has 0 bridgehead atoms. The van der Waals surface area contributed by atoms with Gasteiger partial charge in [-0.2, -0.15) is 0 Å². The van der Waals surface area contributed by atoms with Gasteiger partial charge in [-0.1, -0.05) is 43.3 Å². The summed E-state index contributed by atoms with van der Waals surface area (Å²) in [7, 11) is 0. The number of amides is 1. The Morgan fingerprint density at radius 1 is 1.22 bits per heavy atom. The van der Waals surface area contributed by atoms with E-state index >= 15 is 0 Å². The number of nitrogens with one attached hydrogen (secondary N) is 1. The summed E-state index contributed by atoms with van der Waals surface area (Å²) in [5.41, 5.74) is 1.81. The first-order valence-electron chi connectivity index (χ1n) is 9.42. The third kappa shape index (κ3) is 5.13. The Morgan fingerprint density at radius 3 is 2.59 bits per heavy atom. The van der Waals surface area contributed by atoms with Gasteiger partial charge in [0.2, 0.25) is 5.91 Å². The number of aromatic amines is 1. The van der Waals surface area contributed by atoms with Crippen LogP contribution in [0.2, 0.25) is 0 Å². The van der Waals surface area contributed by atoms with Crippen LogP contribution >= 0.6 is 11.8 Å². The van der Waals surface area contributed by atoms with Crippen molar-refractivity contribution < 1.29 is 4.79 Å². The molecule has 2 heterocycles. The highest BCUT2D eigenvalue weighted by Crippen LogP contribution is 2.22. The van der Waals surface area contributed by atoms with Crippen LogP contribution in [0.5, 0.6) is 0 Å². The standard InChI is InChI=1S/C20H26N4O2S/c1-3-7-16-14-18(25)22-20(21-16)27-15(2)19(26)24-12-10-23(11-13-24)17-8-5-4-6-9-17/h4-6,8-9,14-15H,3,7,10-13H2,1-2H3,(H,21,22,25). The fourth-order valence-corrected chi connectivity index (χ4v) is 4.14. The van der Waals surface area contributed by atoms with E-state index in [0.29, 0.717) is 18.2 Å². The molecule has 1 atom stereocenters. The first-order chi connectivity index (χ1) is 13.1. The van der Waals surface area contributed by atoms with Gasteiger partial charge in [0.25, 0.3) is 5.56 Å². The highest BCUT2D eigenvalue weighted by molar-refractivity contribution is 8.00. The predicted molar refractivity (Wildman–Crippen MR) is 109 cm³/mol. The molecule has 0 saturated carbocycles. The first kappa shape index (κ1) is 19.5. The molecule has 2 aromatic rings. The smallest absolute Gasteiger partial charge is 0.251 e. The number of anilines is 1. The number of thioether (sulfide) groups is 1. The highest BCUT2D eigenvalue weighted by atomic mass is 32.2. The number of rotatable bonds is 6. The van der Waals surface area contributed by atoms with Gasteiger partial charge in [0, 0.05) is 43.6 Å². The molecule has 1 amide bonds. The zero-order valence-corrected chi connectivity index (χ0v) is 16.7. The maximum atomic E-state index is 12.8. The molecule has 1 unspecified atom stereocenters. The average Bonchev–Trinajstić information content (AvgIpc) is 2.68. The van der Waals surface area contributed by atoms with Crippen molar-refractivity contribution in [3.63, 3.8) is 0 Å². The molecule has 1 fully saturated rings. The number of nitrogens with zero attached hydrogens (tertiary/aromatic N) is 3. The van der Waals surface area contributed by atoms with Gasteiger partial charge in [-0.25, -0.2) is 4.98 Å². The summed E-state index contributed by atoms with van der Waals surface area (Å²) >= 11 is 1.33. The number of carbonyl (C=O) groups excluding carboxylic acids is 1. The molecule has 0 aliphatic carbocycles. The molecule has 1 saturated heterocycles. The normalized spacial score (nSPS) is 15.6. The van der Waals surface area contributed by atoms with E-state index in [-0.39, 0.29) is 16.7 Å². The number of hydrogen-bond acceptors (Lipinski definition) is 5. The molecule has 6 nitrogen and oxygen atoms in total. The van der Waals surface area contributed by atoms with E-state index in [9.17, 15) is 9.59 Å². The molecular weight excluding hydrogens is 360 g/mol. The minimum Gasteiger partial charge on any atom is -0.368 e. The van der Waals surface area contributed by atoms with E-state index in [0.717, 1.165) is 31.6 Å². The lowest BCUT2D eigenvalue weighted by molar-refractivity contribution is -0.130. The largest absolute Gasteiger partial charge is 0.368 e. The fraction of sp³-hybridized carbons (Fsp3) is 0.450. The molecule has 3 rings (SSSR count). The summed E-state index contributed by atoms with van der Waals surface area (Å²) in [4.78, 5) is 36.0. The van der Waals surface area contributed by atoms with Crippen LogP contribution in [0, 0.1) is 0 Å². The maximum absolute atomic E-state index is 12.8. The summed E-state index contributed by atoms with van der Waals surface area (Å²) < 4.78 is 0. The summed E-state index contributed by atoms with van der Waals surface area (Å²) in [5, 5.41) is 0.239. The lowest BCUT2D eigenvalue weighted by Crippen LogP contribution is -2.50. The molecule has 7 heteroatoms. The SMILES string of the molecule is CCCc1cc(=O)[nH]c(SC(C)C(=O)N2CCN(c3ccccc3)CC2)n1. The van der Waals surface area contributed by atoms with E-state index in [1.165, 1.54) is 23.5 Å². The molecule has 1 aliphatic rings. The molecule has 1 aromatic carbocycles.